The average Bonchev–Trinajstić information content (AvgIpc) is 2.54. The Morgan fingerprint density at radius 1 is 1.14 bits per heavy atom. The van der Waals surface area contributed by atoms with Gasteiger partial charge < -0.3 is 15.4 Å². The number of rotatable bonds is 7. The maximum atomic E-state index is 5.38. The smallest absolute Gasteiger partial charge is 0.323 e. The van der Waals surface area contributed by atoms with Crippen molar-refractivity contribution in [1.82, 2.24) is 15.0 Å². The van der Waals surface area contributed by atoms with E-state index in [4.69, 9.17) is 4.74 Å². The monoisotopic (exact) mass is 311 g/mol. The lowest BCUT2D eigenvalue weighted by Crippen LogP contribution is -2.36. The number of thioether (sulfide) groups is 1. The SMILES string of the molecule is CCOc1nc(NC)nc(NCC2(SC)CCCCC2)n1. The summed E-state index contributed by atoms with van der Waals surface area (Å²) in [5.74, 6) is 1.11. The maximum absolute atomic E-state index is 5.38. The first kappa shape index (κ1) is 16.1. The van der Waals surface area contributed by atoms with E-state index in [2.05, 4.69) is 31.8 Å². The van der Waals surface area contributed by atoms with Crippen molar-refractivity contribution < 1.29 is 4.74 Å². The molecule has 2 N–H and O–H groups in total. The molecular formula is C14H25N5OS. The third kappa shape index (κ3) is 4.36. The van der Waals surface area contributed by atoms with Crippen LogP contribution >= 0.6 is 11.8 Å². The molecule has 2 rings (SSSR count). The standard InChI is InChI=1S/C14H25N5OS/c1-4-20-13-18-11(15-2)17-12(19-13)16-10-14(21-3)8-6-5-7-9-14/h4-10H2,1-3H3,(H2,15,16,17,18,19). The molecule has 118 valence electrons. The number of ether oxygens (including phenoxy) is 1. The molecular weight excluding hydrogens is 286 g/mol. The molecule has 1 aliphatic rings. The molecule has 0 bridgehead atoms. The van der Waals surface area contributed by atoms with E-state index in [1.807, 2.05) is 18.7 Å². The summed E-state index contributed by atoms with van der Waals surface area (Å²) in [6.45, 7) is 3.34. The van der Waals surface area contributed by atoms with Gasteiger partial charge in [-0.3, -0.25) is 0 Å². The van der Waals surface area contributed by atoms with Crippen molar-refractivity contribution >= 4 is 23.7 Å². The second-order valence-corrected chi connectivity index (χ2v) is 6.52. The second-order valence-electron chi connectivity index (χ2n) is 5.25. The summed E-state index contributed by atoms with van der Waals surface area (Å²) in [5, 5.41) is 6.32. The zero-order chi connectivity index (χ0) is 15.1. The minimum atomic E-state index is 0.302. The number of hydrogen-bond acceptors (Lipinski definition) is 7. The molecule has 0 radical (unpaired) electrons. The van der Waals surface area contributed by atoms with Crippen molar-refractivity contribution in [3.63, 3.8) is 0 Å². The molecule has 0 aromatic carbocycles. The van der Waals surface area contributed by atoms with Crippen molar-refractivity contribution in [2.24, 2.45) is 0 Å². The summed E-state index contributed by atoms with van der Waals surface area (Å²) in [4.78, 5) is 12.8. The predicted molar refractivity (Wildman–Crippen MR) is 88.4 cm³/mol. The number of nitrogens with one attached hydrogen (secondary N) is 2. The van der Waals surface area contributed by atoms with Gasteiger partial charge in [-0.2, -0.15) is 26.7 Å². The molecule has 0 unspecified atom stereocenters. The largest absolute Gasteiger partial charge is 0.464 e. The first-order valence-corrected chi connectivity index (χ1v) is 8.79. The highest BCUT2D eigenvalue weighted by atomic mass is 32.2. The molecule has 0 spiro atoms. The Kier molecular flexibility index (Phi) is 5.90. The Bertz CT molecular complexity index is 451. The Morgan fingerprint density at radius 3 is 2.48 bits per heavy atom. The third-order valence-electron chi connectivity index (χ3n) is 3.88. The highest BCUT2D eigenvalue weighted by molar-refractivity contribution is 8.00. The molecule has 0 amide bonds. The van der Waals surface area contributed by atoms with E-state index in [0.717, 1.165) is 6.54 Å². The van der Waals surface area contributed by atoms with Gasteiger partial charge in [0.15, 0.2) is 0 Å². The van der Waals surface area contributed by atoms with Gasteiger partial charge >= 0.3 is 6.01 Å². The summed E-state index contributed by atoms with van der Waals surface area (Å²) < 4.78 is 5.69. The van der Waals surface area contributed by atoms with Crippen LogP contribution in [0.4, 0.5) is 11.9 Å². The molecule has 1 aromatic rings. The summed E-state index contributed by atoms with van der Waals surface area (Å²) >= 11 is 1.96. The zero-order valence-corrected chi connectivity index (χ0v) is 13.9. The van der Waals surface area contributed by atoms with Crippen molar-refractivity contribution in [2.45, 2.75) is 43.8 Å². The van der Waals surface area contributed by atoms with E-state index >= 15 is 0 Å². The number of anilines is 2. The van der Waals surface area contributed by atoms with Crippen LogP contribution in [0.2, 0.25) is 0 Å². The number of aromatic nitrogens is 3. The molecule has 7 heteroatoms. The van der Waals surface area contributed by atoms with Gasteiger partial charge in [-0.25, -0.2) is 0 Å². The normalized spacial score (nSPS) is 17.3. The minimum Gasteiger partial charge on any atom is -0.464 e. The van der Waals surface area contributed by atoms with Crippen molar-refractivity contribution in [1.29, 1.82) is 0 Å². The van der Waals surface area contributed by atoms with Crippen LogP contribution in [-0.4, -0.2) is 46.2 Å². The average molecular weight is 311 g/mol. The second kappa shape index (κ2) is 7.68. The van der Waals surface area contributed by atoms with Crippen LogP contribution in [0, 0.1) is 0 Å². The summed E-state index contributed by atoms with van der Waals surface area (Å²) in [6, 6.07) is 0.362. The van der Waals surface area contributed by atoms with Gasteiger partial charge in [0.2, 0.25) is 11.9 Å². The van der Waals surface area contributed by atoms with Crippen molar-refractivity contribution in [3.8, 4) is 6.01 Å². The lowest BCUT2D eigenvalue weighted by atomic mass is 9.88. The Morgan fingerprint density at radius 2 is 1.86 bits per heavy atom. The van der Waals surface area contributed by atoms with Gasteiger partial charge in [-0.1, -0.05) is 19.3 Å². The highest BCUT2D eigenvalue weighted by Crippen LogP contribution is 2.38. The minimum absolute atomic E-state index is 0.302. The van der Waals surface area contributed by atoms with Crippen LogP contribution in [0.3, 0.4) is 0 Å². The molecule has 21 heavy (non-hydrogen) atoms. The van der Waals surface area contributed by atoms with Crippen LogP contribution in [0.5, 0.6) is 6.01 Å². The van der Waals surface area contributed by atoms with Crippen LogP contribution < -0.4 is 15.4 Å². The van der Waals surface area contributed by atoms with Gasteiger partial charge in [0, 0.05) is 18.3 Å². The molecule has 0 atom stereocenters. The molecule has 1 aliphatic carbocycles. The molecule has 6 nitrogen and oxygen atoms in total. The first-order chi connectivity index (χ1) is 10.2. The van der Waals surface area contributed by atoms with Gasteiger partial charge in [-0.05, 0) is 26.0 Å². The molecule has 1 saturated carbocycles. The molecule has 0 saturated heterocycles. The summed E-state index contributed by atoms with van der Waals surface area (Å²) in [5.41, 5.74) is 0. The number of nitrogens with zero attached hydrogens (tertiary/aromatic N) is 3. The fraction of sp³-hybridized carbons (Fsp3) is 0.786. The van der Waals surface area contributed by atoms with Crippen molar-refractivity contribution in [3.05, 3.63) is 0 Å². The van der Waals surface area contributed by atoms with Gasteiger partial charge in [0.05, 0.1) is 6.61 Å². The quantitative estimate of drug-likeness (QED) is 0.802. The predicted octanol–water partition coefficient (Wildman–Crippen LogP) is 2.79. The Hall–Kier alpha value is -1.24. The van der Waals surface area contributed by atoms with Crippen LogP contribution in [-0.2, 0) is 0 Å². The van der Waals surface area contributed by atoms with Crippen molar-refractivity contribution in [2.75, 3.05) is 37.1 Å². The Balaban J connectivity index is 2.05. The maximum Gasteiger partial charge on any atom is 0.323 e. The summed E-state index contributed by atoms with van der Waals surface area (Å²) in [7, 11) is 1.79. The first-order valence-electron chi connectivity index (χ1n) is 7.57. The van der Waals surface area contributed by atoms with E-state index in [0.29, 0.717) is 29.3 Å². The fourth-order valence-corrected chi connectivity index (χ4v) is 3.54. The van der Waals surface area contributed by atoms with E-state index in [1.54, 1.807) is 7.05 Å². The molecule has 1 fully saturated rings. The van der Waals surface area contributed by atoms with E-state index in [1.165, 1.54) is 32.1 Å². The van der Waals surface area contributed by atoms with Crippen LogP contribution in [0.25, 0.3) is 0 Å². The zero-order valence-electron chi connectivity index (χ0n) is 13.1. The van der Waals surface area contributed by atoms with E-state index < -0.39 is 0 Å². The lowest BCUT2D eigenvalue weighted by Gasteiger charge is -2.35. The molecule has 0 aliphatic heterocycles. The van der Waals surface area contributed by atoms with Gasteiger partial charge in [0.25, 0.3) is 0 Å². The third-order valence-corrected chi connectivity index (χ3v) is 5.30. The summed E-state index contributed by atoms with van der Waals surface area (Å²) in [6.07, 6.45) is 8.68. The molecule has 1 aromatic heterocycles. The van der Waals surface area contributed by atoms with Crippen LogP contribution in [0.1, 0.15) is 39.0 Å². The number of hydrogen-bond donors (Lipinski definition) is 2. The van der Waals surface area contributed by atoms with Gasteiger partial charge in [0.1, 0.15) is 0 Å². The van der Waals surface area contributed by atoms with Gasteiger partial charge in [-0.15, -0.1) is 0 Å². The van der Waals surface area contributed by atoms with E-state index in [9.17, 15) is 0 Å². The highest BCUT2D eigenvalue weighted by Gasteiger charge is 2.31. The Labute approximate surface area is 130 Å². The van der Waals surface area contributed by atoms with Crippen LogP contribution in [0.15, 0.2) is 0 Å². The topological polar surface area (TPSA) is 72.0 Å². The van der Waals surface area contributed by atoms with E-state index in [-0.39, 0.29) is 0 Å². The fourth-order valence-electron chi connectivity index (χ4n) is 2.63. The lowest BCUT2D eigenvalue weighted by molar-refractivity contribution is 0.312. The molecule has 1 heterocycles.